The van der Waals surface area contributed by atoms with Crippen LogP contribution in [-0.4, -0.2) is 19.9 Å². The number of para-hydroxylation sites is 1. The standard InChI is InChI=1S/C16H13Cl2N5S/c17-12-7-5-11(6-8-12)9-23-10-19-15(22-23)21-16(24)20-14-4-2-1-3-13(14)18/h1-8,10H,9H2,(H2,20,21,22,24). The number of rotatable bonds is 4. The van der Waals surface area contributed by atoms with Gasteiger partial charge in [-0.05, 0) is 42.0 Å². The molecule has 3 rings (SSSR count). The SMILES string of the molecule is S=C(Nc1ncn(Cc2ccc(Cl)cc2)n1)Nc1ccccc1Cl. The fourth-order valence-corrected chi connectivity index (χ4v) is 2.53. The van der Waals surface area contributed by atoms with E-state index in [0.29, 0.717) is 27.7 Å². The molecular formula is C16H13Cl2N5S. The van der Waals surface area contributed by atoms with E-state index in [-0.39, 0.29) is 0 Å². The molecule has 122 valence electrons. The summed E-state index contributed by atoms with van der Waals surface area (Å²) in [5.74, 6) is 0.411. The maximum atomic E-state index is 6.08. The van der Waals surface area contributed by atoms with Crippen molar-refractivity contribution in [2.24, 2.45) is 0 Å². The zero-order valence-corrected chi connectivity index (χ0v) is 14.7. The molecule has 2 N–H and O–H groups in total. The summed E-state index contributed by atoms with van der Waals surface area (Å²) in [4.78, 5) is 4.19. The lowest BCUT2D eigenvalue weighted by Gasteiger charge is -2.09. The van der Waals surface area contributed by atoms with Gasteiger partial charge in [0.1, 0.15) is 6.33 Å². The predicted octanol–water partition coefficient (Wildman–Crippen LogP) is 4.44. The molecule has 0 bridgehead atoms. The van der Waals surface area contributed by atoms with E-state index in [1.807, 2.05) is 42.5 Å². The number of nitrogens with one attached hydrogen (secondary N) is 2. The maximum absolute atomic E-state index is 6.08. The molecule has 3 aromatic rings. The van der Waals surface area contributed by atoms with Crippen molar-refractivity contribution in [1.29, 1.82) is 0 Å². The first-order valence-electron chi connectivity index (χ1n) is 7.06. The highest BCUT2D eigenvalue weighted by molar-refractivity contribution is 7.80. The summed E-state index contributed by atoms with van der Waals surface area (Å²) in [5, 5.41) is 11.9. The van der Waals surface area contributed by atoms with E-state index in [1.165, 1.54) is 0 Å². The molecule has 0 fully saturated rings. The number of hydrogen-bond acceptors (Lipinski definition) is 3. The van der Waals surface area contributed by atoms with Crippen LogP contribution in [0.25, 0.3) is 0 Å². The molecule has 0 saturated heterocycles. The Labute approximate surface area is 154 Å². The first-order chi connectivity index (χ1) is 11.6. The van der Waals surface area contributed by atoms with Crippen molar-refractivity contribution in [3.8, 4) is 0 Å². The summed E-state index contributed by atoms with van der Waals surface area (Å²) < 4.78 is 1.71. The predicted molar refractivity (Wildman–Crippen MR) is 102 cm³/mol. The summed E-state index contributed by atoms with van der Waals surface area (Å²) in [7, 11) is 0. The van der Waals surface area contributed by atoms with Crippen molar-refractivity contribution in [3.05, 3.63) is 70.5 Å². The number of aromatic nitrogens is 3. The highest BCUT2D eigenvalue weighted by atomic mass is 35.5. The van der Waals surface area contributed by atoms with Gasteiger partial charge in [-0.1, -0.05) is 47.5 Å². The Morgan fingerprint density at radius 1 is 1.04 bits per heavy atom. The maximum Gasteiger partial charge on any atom is 0.248 e. The Bertz CT molecular complexity index is 848. The quantitative estimate of drug-likeness (QED) is 0.658. The fourth-order valence-electron chi connectivity index (χ4n) is 2.02. The average Bonchev–Trinajstić information content (AvgIpc) is 2.99. The molecule has 0 aliphatic heterocycles. The summed E-state index contributed by atoms with van der Waals surface area (Å²) in [5.41, 5.74) is 1.80. The van der Waals surface area contributed by atoms with Gasteiger partial charge < -0.3 is 5.32 Å². The van der Waals surface area contributed by atoms with Crippen molar-refractivity contribution in [3.63, 3.8) is 0 Å². The first-order valence-corrected chi connectivity index (χ1v) is 8.23. The summed E-state index contributed by atoms with van der Waals surface area (Å²) in [6.45, 7) is 0.594. The van der Waals surface area contributed by atoms with Gasteiger partial charge in [0.2, 0.25) is 5.95 Å². The molecule has 0 atom stereocenters. The molecule has 0 saturated carbocycles. The molecule has 5 nitrogen and oxygen atoms in total. The number of benzene rings is 2. The lowest BCUT2D eigenvalue weighted by Crippen LogP contribution is -2.20. The highest BCUT2D eigenvalue weighted by Crippen LogP contribution is 2.20. The Morgan fingerprint density at radius 3 is 2.54 bits per heavy atom. The zero-order valence-electron chi connectivity index (χ0n) is 12.4. The van der Waals surface area contributed by atoms with Crippen molar-refractivity contribution in [2.75, 3.05) is 10.6 Å². The number of hydrogen-bond donors (Lipinski definition) is 2. The molecule has 1 heterocycles. The lowest BCUT2D eigenvalue weighted by atomic mass is 10.2. The second kappa shape index (κ2) is 7.61. The van der Waals surface area contributed by atoms with E-state index in [4.69, 9.17) is 35.4 Å². The minimum absolute atomic E-state index is 0.368. The van der Waals surface area contributed by atoms with Gasteiger partial charge >= 0.3 is 0 Å². The van der Waals surface area contributed by atoms with E-state index in [9.17, 15) is 0 Å². The van der Waals surface area contributed by atoms with Crippen molar-refractivity contribution in [1.82, 2.24) is 14.8 Å². The fraction of sp³-hybridized carbons (Fsp3) is 0.0625. The van der Waals surface area contributed by atoms with Gasteiger partial charge in [0.05, 0.1) is 17.3 Å². The van der Waals surface area contributed by atoms with Crippen LogP contribution in [0.4, 0.5) is 11.6 Å². The summed E-state index contributed by atoms with van der Waals surface area (Å²) >= 11 is 17.2. The zero-order chi connectivity index (χ0) is 16.9. The van der Waals surface area contributed by atoms with Gasteiger partial charge in [0.15, 0.2) is 5.11 Å². The largest absolute Gasteiger partial charge is 0.331 e. The van der Waals surface area contributed by atoms with Crippen LogP contribution < -0.4 is 10.6 Å². The monoisotopic (exact) mass is 377 g/mol. The Hall–Kier alpha value is -2.15. The first kappa shape index (κ1) is 16.7. The molecule has 0 unspecified atom stereocenters. The van der Waals surface area contributed by atoms with Gasteiger partial charge in [0, 0.05) is 5.02 Å². The van der Waals surface area contributed by atoms with E-state index >= 15 is 0 Å². The van der Waals surface area contributed by atoms with Gasteiger partial charge in [-0.25, -0.2) is 9.67 Å². The van der Waals surface area contributed by atoms with Crippen LogP contribution in [0, 0.1) is 0 Å². The third kappa shape index (κ3) is 4.44. The van der Waals surface area contributed by atoms with Crippen LogP contribution in [0.2, 0.25) is 10.0 Å². The van der Waals surface area contributed by atoms with Crippen LogP contribution in [0.5, 0.6) is 0 Å². The Kier molecular flexibility index (Phi) is 5.30. The molecule has 2 aromatic carbocycles. The third-order valence-electron chi connectivity index (χ3n) is 3.14. The van der Waals surface area contributed by atoms with Gasteiger partial charge in [-0.3, -0.25) is 5.32 Å². The van der Waals surface area contributed by atoms with Gasteiger partial charge in [0.25, 0.3) is 0 Å². The van der Waals surface area contributed by atoms with Crippen molar-refractivity contribution < 1.29 is 0 Å². The molecule has 1 aromatic heterocycles. The van der Waals surface area contributed by atoms with E-state index in [2.05, 4.69) is 20.7 Å². The molecule has 0 spiro atoms. The minimum atomic E-state index is 0.368. The van der Waals surface area contributed by atoms with E-state index in [0.717, 1.165) is 11.3 Å². The average molecular weight is 378 g/mol. The number of anilines is 2. The van der Waals surface area contributed by atoms with Crippen LogP contribution in [-0.2, 0) is 6.54 Å². The molecule has 0 aliphatic rings. The molecule has 0 aliphatic carbocycles. The van der Waals surface area contributed by atoms with Gasteiger partial charge in [-0.15, -0.1) is 5.10 Å². The van der Waals surface area contributed by atoms with E-state index in [1.54, 1.807) is 17.1 Å². The lowest BCUT2D eigenvalue weighted by molar-refractivity contribution is 0.687. The van der Waals surface area contributed by atoms with Crippen LogP contribution >= 0.6 is 35.4 Å². The molecule has 24 heavy (non-hydrogen) atoms. The molecular weight excluding hydrogens is 365 g/mol. The molecule has 8 heteroatoms. The Balaban J connectivity index is 1.60. The third-order valence-corrected chi connectivity index (χ3v) is 3.93. The molecule has 0 radical (unpaired) electrons. The molecule has 0 amide bonds. The van der Waals surface area contributed by atoms with Crippen LogP contribution in [0.15, 0.2) is 54.9 Å². The summed E-state index contributed by atoms with van der Waals surface area (Å²) in [6, 6.07) is 14.9. The second-order valence-corrected chi connectivity index (χ2v) is 6.20. The number of thiocarbonyl (C=S) groups is 1. The number of nitrogens with zero attached hydrogens (tertiary/aromatic N) is 3. The van der Waals surface area contributed by atoms with Gasteiger partial charge in [-0.2, -0.15) is 0 Å². The second-order valence-electron chi connectivity index (χ2n) is 4.95. The highest BCUT2D eigenvalue weighted by Gasteiger charge is 2.06. The number of halogens is 2. The van der Waals surface area contributed by atoms with Crippen molar-refractivity contribution >= 4 is 52.2 Å². The van der Waals surface area contributed by atoms with Crippen LogP contribution in [0.1, 0.15) is 5.56 Å². The topological polar surface area (TPSA) is 54.8 Å². The van der Waals surface area contributed by atoms with E-state index < -0.39 is 0 Å². The van der Waals surface area contributed by atoms with Crippen LogP contribution in [0.3, 0.4) is 0 Å². The Morgan fingerprint density at radius 2 is 1.79 bits per heavy atom. The smallest absolute Gasteiger partial charge is 0.248 e. The minimum Gasteiger partial charge on any atom is -0.331 e. The summed E-state index contributed by atoms with van der Waals surface area (Å²) in [6.07, 6.45) is 1.63. The normalized spacial score (nSPS) is 10.4. The van der Waals surface area contributed by atoms with Crippen molar-refractivity contribution in [2.45, 2.75) is 6.54 Å².